The summed E-state index contributed by atoms with van der Waals surface area (Å²) in [5, 5.41) is 0. The summed E-state index contributed by atoms with van der Waals surface area (Å²) in [6.07, 6.45) is -0.560. The van der Waals surface area contributed by atoms with Gasteiger partial charge >= 0.3 is 12.1 Å². The highest BCUT2D eigenvalue weighted by atomic mass is 16.6. The molecule has 0 bridgehead atoms. The lowest BCUT2D eigenvalue weighted by Crippen LogP contribution is -2.57. The molecule has 0 saturated carbocycles. The van der Waals surface area contributed by atoms with Crippen molar-refractivity contribution in [3.05, 3.63) is 0 Å². The number of rotatable bonds is 1. The molecule has 1 fully saturated rings. The molecule has 1 heterocycles. The van der Waals surface area contributed by atoms with Crippen LogP contribution in [0.15, 0.2) is 0 Å². The summed E-state index contributed by atoms with van der Waals surface area (Å²) in [5.41, 5.74) is -1.00. The van der Waals surface area contributed by atoms with Gasteiger partial charge < -0.3 is 14.4 Å². The normalized spacial score (nSPS) is 17.1. The van der Waals surface area contributed by atoms with Crippen LogP contribution in [-0.2, 0) is 14.3 Å². The number of carbonyl (C=O) groups excluding carboxylic acids is 2. The first-order valence-corrected chi connectivity index (χ1v) is 6.18. The van der Waals surface area contributed by atoms with Crippen molar-refractivity contribution in [1.29, 1.82) is 0 Å². The van der Waals surface area contributed by atoms with Crippen molar-refractivity contribution in [2.45, 2.75) is 53.2 Å². The quantitative estimate of drug-likeness (QED) is 0.676. The minimum atomic E-state index is -0.508. The summed E-state index contributed by atoms with van der Waals surface area (Å²) in [6, 6.07) is 0. The number of hydrogen-bond donors (Lipinski definition) is 0. The van der Waals surface area contributed by atoms with E-state index in [0.29, 0.717) is 13.1 Å². The first-order chi connectivity index (χ1) is 7.99. The average molecular weight is 257 g/mol. The third kappa shape index (κ3) is 4.20. The van der Waals surface area contributed by atoms with Gasteiger partial charge in [-0.2, -0.15) is 0 Å². The van der Waals surface area contributed by atoms with Crippen LogP contribution in [0.2, 0.25) is 0 Å². The first-order valence-electron chi connectivity index (χ1n) is 6.18. The molecule has 0 aromatic rings. The van der Waals surface area contributed by atoms with Gasteiger partial charge in [-0.1, -0.05) is 0 Å². The van der Waals surface area contributed by atoms with Crippen LogP contribution in [0.5, 0.6) is 0 Å². The number of carbonyl (C=O) groups is 2. The second-order valence-electron chi connectivity index (χ2n) is 6.66. The summed E-state index contributed by atoms with van der Waals surface area (Å²) in [7, 11) is 0. The Labute approximate surface area is 108 Å². The molecule has 0 aliphatic carbocycles. The minimum Gasteiger partial charge on any atom is -0.458 e. The topological polar surface area (TPSA) is 55.8 Å². The van der Waals surface area contributed by atoms with Crippen LogP contribution in [0.25, 0.3) is 0 Å². The van der Waals surface area contributed by atoms with Crippen LogP contribution in [0, 0.1) is 5.41 Å². The Morgan fingerprint density at radius 2 is 1.56 bits per heavy atom. The van der Waals surface area contributed by atoms with Gasteiger partial charge in [-0.3, -0.25) is 4.79 Å². The Morgan fingerprint density at radius 1 is 1.06 bits per heavy atom. The minimum absolute atomic E-state index is 0.204. The highest BCUT2D eigenvalue weighted by Crippen LogP contribution is 2.21. The van der Waals surface area contributed by atoms with Crippen LogP contribution in [-0.4, -0.2) is 41.8 Å². The highest BCUT2D eigenvalue weighted by Gasteiger charge is 2.37. The Bertz CT molecular complexity index is 332. The van der Waals surface area contributed by atoms with E-state index >= 15 is 0 Å². The zero-order valence-electron chi connectivity index (χ0n) is 12.1. The zero-order valence-corrected chi connectivity index (χ0v) is 12.1. The van der Waals surface area contributed by atoms with Crippen molar-refractivity contribution in [3.8, 4) is 0 Å². The van der Waals surface area contributed by atoms with Crippen LogP contribution in [0.3, 0.4) is 0 Å². The predicted molar refractivity (Wildman–Crippen MR) is 67.1 cm³/mol. The smallest absolute Gasteiger partial charge is 0.410 e. The van der Waals surface area contributed by atoms with Gasteiger partial charge in [0.2, 0.25) is 0 Å². The molecule has 1 aliphatic heterocycles. The van der Waals surface area contributed by atoms with Crippen molar-refractivity contribution in [3.63, 3.8) is 0 Å². The summed E-state index contributed by atoms with van der Waals surface area (Å²) in [5.74, 6) is -0.240. The van der Waals surface area contributed by atoms with E-state index in [1.165, 1.54) is 4.90 Å². The first kappa shape index (κ1) is 14.8. The second-order valence-corrected chi connectivity index (χ2v) is 6.66. The van der Waals surface area contributed by atoms with Gasteiger partial charge in [-0.15, -0.1) is 0 Å². The lowest BCUT2D eigenvalue weighted by atomic mass is 9.97. The lowest BCUT2D eigenvalue weighted by Gasteiger charge is -2.39. The van der Waals surface area contributed by atoms with E-state index in [2.05, 4.69) is 0 Å². The van der Waals surface area contributed by atoms with Gasteiger partial charge in [0, 0.05) is 0 Å². The van der Waals surface area contributed by atoms with E-state index < -0.39 is 11.0 Å². The van der Waals surface area contributed by atoms with Gasteiger partial charge in [0.15, 0.2) is 0 Å². The molecule has 0 unspecified atom stereocenters. The monoisotopic (exact) mass is 257 g/mol. The predicted octanol–water partition coefficient (Wildman–Crippen LogP) is 2.20. The standard InChI is InChI=1S/C13H23NO4/c1-12(2,3)10(15)17-9-7-14(8-9)11(16)18-13(4,5)6/h9H,7-8H2,1-6H3. The molecule has 0 radical (unpaired) electrons. The molecule has 0 aromatic heterocycles. The van der Waals surface area contributed by atoms with Crippen molar-refractivity contribution >= 4 is 12.1 Å². The molecule has 5 heteroatoms. The van der Waals surface area contributed by atoms with Gasteiger partial charge in [-0.25, -0.2) is 4.79 Å². The highest BCUT2D eigenvalue weighted by molar-refractivity contribution is 5.76. The fraction of sp³-hybridized carbons (Fsp3) is 0.846. The third-order valence-electron chi connectivity index (χ3n) is 2.39. The molecule has 1 amide bonds. The van der Waals surface area contributed by atoms with E-state index in [-0.39, 0.29) is 18.2 Å². The molecular weight excluding hydrogens is 234 g/mol. The number of ether oxygens (including phenoxy) is 2. The number of amides is 1. The molecule has 5 nitrogen and oxygen atoms in total. The van der Waals surface area contributed by atoms with Gasteiger partial charge in [0.1, 0.15) is 11.7 Å². The Kier molecular flexibility index (Phi) is 3.93. The summed E-state index contributed by atoms with van der Waals surface area (Å²) in [6.45, 7) is 11.7. The fourth-order valence-corrected chi connectivity index (χ4v) is 1.32. The number of likely N-dealkylation sites (tertiary alicyclic amines) is 1. The molecule has 0 spiro atoms. The lowest BCUT2D eigenvalue weighted by molar-refractivity contribution is -0.166. The maximum Gasteiger partial charge on any atom is 0.410 e. The Hall–Kier alpha value is -1.26. The van der Waals surface area contributed by atoms with E-state index in [1.807, 2.05) is 20.8 Å². The average Bonchev–Trinajstić information content (AvgIpc) is 2.04. The summed E-state index contributed by atoms with van der Waals surface area (Å²) in [4.78, 5) is 24.8. The Balaban J connectivity index is 2.33. The van der Waals surface area contributed by atoms with Crippen molar-refractivity contribution in [2.24, 2.45) is 5.41 Å². The molecule has 18 heavy (non-hydrogen) atoms. The summed E-state index contributed by atoms with van der Waals surface area (Å²) < 4.78 is 10.5. The maximum absolute atomic E-state index is 11.6. The zero-order chi connectivity index (χ0) is 14.1. The van der Waals surface area contributed by atoms with Crippen LogP contribution < -0.4 is 0 Å². The fourth-order valence-electron chi connectivity index (χ4n) is 1.32. The Morgan fingerprint density at radius 3 is 1.94 bits per heavy atom. The number of hydrogen-bond acceptors (Lipinski definition) is 4. The molecule has 0 N–H and O–H groups in total. The summed E-state index contributed by atoms with van der Waals surface area (Å²) >= 11 is 0. The van der Waals surface area contributed by atoms with Crippen molar-refractivity contribution in [1.82, 2.24) is 4.90 Å². The number of esters is 1. The molecule has 1 saturated heterocycles. The molecule has 0 atom stereocenters. The molecule has 0 aromatic carbocycles. The van der Waals surface area contributed by atoms with E-state index in [4.69, 9.17) is 9.47 Å². The largest absolute Gasteiger partial charge is 0.458 e. The third-order valence-corrected chi connectivity index (χ3v) is 2.39. The van der Waals surface area contributed by atoms with Gasteiger partial charge in [0.05, 0.1) is 18.5 Å². The van der Waals surface area contributed by atoms with E-state index in [1.54, 1.807) is 20.8 Å². The number of nitrogens with zero attached hydrogens (tertiary/aromatic N) is 1. The molecule has 104 valence electrons. The van der Waals surface area contributed by atoms with E-state index in [9.17, 15) is 9.59 Å². The van der Waals surface area contributed by atoms with Crippen LogP contribution >= 0.6 is 0 Å². The van der Waals surface area contributed by atoms with Crippen LogP contribution in [0.1, 0.15) is 41.5 Å². The van der Waals surface area contributed by atoms with E-state index in [0.717, 1.165) is 0 Å². The SMILES string of the molecule is CC(C)(C)OC(=O)N1CC(OC(=O)C(C)(C)C)C1. The van der Waals surface area contributed by atoms with Crippen molar-refractivity contribution in [2.75, 3.05) is 13.1 Å². The molecule has 1 aliphatic rings. The van der Waals surface area contributed by atoms with Crippen molar-refractivity contribution < 1.29 is 19.1 Å². The molecule has 1 rings (SSSR count). The van der Waals surface area contributed by atoms with Gasteiger partial charge in [0.25, 0.3) is 0 Å². The maximum atomic E-state index is 11.6. The van der Waals surface area contributed by atoms with Gasteiger partial charge in [-0.05, 0) is 41.5 Å². The van der Waals surface area contributed by atoms with Crippen LogP contribution in [0.4, 0.5) is 4.79 Å². The molecular formula is C13H23NO4. The second kappa shape index (κ2) is 4.78.